The molecule has 114 valence electrons. The summed E-state index contributed by atoms with van der Waals surface area (Å²) in [6.45, 7) is 3.84. The number of imidazole rings is 1. The van der Waals surface area contributed by atoms with Gasteiger partial charge in [0.2, 0.25) is 0 Å². The zero-order valence-electron chi connectivity index (χ0n) is 12.2. The summed E-state index contributed by atoms with van der Waals surface area (Å²) in [6, 6.07) is 4.98. The number of hydrogen-bond donors (Lipinski definition) is 1. The van der Waals surface area contributed by atoms with Crippen LogP contribution in [0.25, 0.3) is 0 Å². The zero-order valence-corrected chi connectivity index (χ0v) is 13.0. The van der Waals surface area contributed by atoms with Gasteiger partial charge in [-0.15, -0.1) is 0 Å². The van der Waals surface area contributed by atoms with Gasteiger partial charge in [0.1, 0.15) is 17.6 Å². The maximum atomic E-state index is 14.0. The van der Waals surface area contributed by atoms with Crippen LogP contribution in [0, 0.1) is 5.82 Å². The molecule has 1 heterocycles. The Morgan fingerprint density at radius 1 is 1.43 bits per heavy atom. The number of benzene rings is 1. The Kier molecular flexibility index (Phi) is 5.59. The zero-order chi connectivity index (χ0) is 15.2. The molecule has 0 amide bonds. The van der Waals surface area contributed by atoms with E-state index in [0.29, 0.717) is 17.5 Å². The fraction of sp³-hybridized carbons (Fsp3) is 0.400. The molecule has 2 aromatic rings. The van der Waals surface area contributed by atoms with Crippen molar-refractivity contribution in [2.45, 2.75) is 26.5 Å². The highest BCUT2D eigenvalue weighted by Gasteiger charge is 2.08. The molecule has 4 nitrogen and oxygen atoms in total. The second-order valence-corrected chi connectivity index (χ2v) is 5.17. The van der Waals surface area contributed by atoms with Crippen LogP contribution in [0.3, 0.4) is 0 Å². The number of ether oxygens (including phenoxy) is 1. The summed E-state index contributed by atoms with van der Waals surface area (Å²) in [4.78, 5) is 4.10. The summed E-state index contributed by atoms with van der Waals surface area (Å²) in [5.74, 6) is 0.493. The topological polar surface area (TPSA) is 39.1 Å². The van der Waals surface area contributed by atoms with Gasteiger partial charge in [-0.3, -0.25) is 0 Å². The van der Waals surface area contributed by atoms with Crippen LogP contribution in [0.2, 0.25) is 5.15 Å². The van der Waals surface area contributed by atoms with Crippen molar-refractivity contribution < 1.29 is 9.13 Å². The Hall–Kier alpha value is -1.59. The maximum Gasteiger partial charge on any atom is 0.165 e. The number of aromatic nitrogens is 2. The average molecular weight is 312 g/mol. The number of rotatable bonds is 7. The van der Waals surface area contributed by atoms with Crippen molar-refractivity contribution in [2.75, 3.05) is 6.54 Å². The van der Waals surface area contributed by atoms with E-state index in [9.17, 15) is 4.39 Å². The minimum Gasteiger partial charge on any atom is -0.483 e. The molecule has 0 aliphatic heterocycles. The second-order valence-electron chi connectivity index (χ2n) is 4.79. The van der Waals surface area contributed by atoms with Gasteiger partial charge in [-0.1, -0.05) is 24.6 Å². The Balaban J connectivity index is 1.96. The van der Waals surface area contributed by atoms with Gasteiger partial charge >= 0.3 is 0 Å². The van der Waals surface area contributed by atoms with E-state index >= 15 is 0 Å². The largest absolute Gasteiger partial charge is 0.483 e. The van der Waals surface area contributed by atoms with Gasteiger partial charge in [0.25, 0.3) is 0 Å². The highest BCUT2D eigenvalue weighted by atomic mass is 35.5. The third-order valence-corrected chi connectivity index (χ3v) is 3.49. The van der Waals surface area contributed by atoms with Crippen LogP contribution < -0.4 is 10.1 Å². The Morgan fingerprint density at radius 2 is 2.24 bits per heavy atom. The molecule has 0 atom stereocenters. The summed E-state index contributed by atoms with van der Waals surface area (Å²) < 4.78 is 21.1. The lowest BCUT2D eigenvalue weighted by molar-refractivity contribution is 0.277. The minimum absolute atomic E-state index is 0.174. The molecular formula is C15H19ClFN3O. The minimum atomic E-state index is -0.369. The second kappa shape index (κ2) is 7.43. The SMILES string of the molecule is CCCNCc1ccc(OCc2ncc(Cl)n2C)c(F)c1. The van der Waals surface area contributed by atoms with Crippen molar-refractivity contribution >= 4 is 11.6 Å². The molecule has 0 spiro atoms. The molecule has 1 aromatic heterocycles. The van der Waals surface area contributed by atoms with Crippen LogP contribution in [0.4, 0.5) is 4.39 Å². The molecule has 0 saturated heterocycles. The van der Waals surface area contributed by atoms with Crippen molar-refractivity contribution in [3.63, 3.8) is 0 Å². The van der Waals surface area contributed by atoms with Gasteiger partial charge in [0, 0.05) is 13.6 Å². The van der Waals surface area contributed by atoms with Crippen LogP contribution >= 0.6 is 11.6 Å². The van der Waals surface area contributed by atoms with Crippen LogP contribution in [-0.4, -0.2) is 16.1 Å². The number of hydrogen-bond acceptors (Lipinski definition) is 3. The lowest BCUT2D eigenvalue weighted by Gasteiger charge is -2.09. The highest BCUT2D eigenvalue weighted by Crippen LogP contribution is 2.20. The van der Waals surface area contributed by atoms with Gasteiger partial charge < -0.3 is 14.6 Å². The monoisotopic (exact) mass is 311 g/mol. The third kappa shape index (κ3) is 4.19. The summed E-state index contributed by atoms with van der Waals surface area (Å²) in [5.41, 5.74) is 0.897. The van der Waals surface area contributed by atoms with E-state index in [4.69, 9.17) is 16.3 Å². The molecule has 21 heavy (non-hydrogen) atoms. The number of nitrogens with zero attached hydrogens (tertiary/aromatic N) is 2. The van der Waals surface area contributed by atoms with Gasteiger partial charge in [-0.25, -0.2) is 9.37 Å². The molecule has 1 N–H and O–H groups in total. The molecule has 0 saturated carbocycles. The molecular weight excluding hydrogens is 293 g/mol. The van der Waals surface area contributed by atoms with Gasteiger partial charge in [0.05, 0.1) is 6.20 Å². The molecule has 1 aromatic carbocycles. The normalized spacial score (nSPS) is 10.9. The molecule has 0 unspecified atom stereocenters. The molecule has 0 aliphatic rings. The van der Waals surface area contributed by atoms with E-state index in [-0.39, 0.29) is 18.2 Å². The van der Waals surface area contributed by atoms with Gasteiger partial charge in [-0.05, 0) is 30.7 Å². The first-order chi connectivity index (χ1) is 10.1. The summed E-state index contributed by atoms with van der Waals surface area (Å²) in [7, 11) is 1.78. The predicted molar refractivity (Wildman–Crippen MR) is 80.9 cm³/mol. The summed E-state index contributed by atoms with van der Waals surface area (Å²) in [5, 5.41) is 3.75. The first-order valence-electron chi connectivity index (χ1n) is 6.90. The van der Waals surface area contributed by atoms with Gasteiger partial charge in [-0.2, -0.15) is 0 Å². The molecule has 0 radical (unpaired) electrons. The highest BCUT2D eigenvalue weighted by molar-refractivity contribution is 6.29. The van der Waals surface area contributed by atoms with Crippen LogP contribution in [0.1, 0.15) is 24.7 Å². The van der Waals surface area contributed by atoms with Crippen LogP contribution in [-0.2, 0) is 20.2 Å². The van der Waals surface area contributed by atoms with Crippen molar-refractivity contribution in [2.24, 2.45) is 7.05 Å². The first-order valence-corrected chi connectivity index (χ1v) is 7.27. The van der Waals surface area contributed by atoms with E-state index in [2.05, 4.69) is 17.2 Å². The van der Waals surface area contributed by atoms with E-state index in [1.54, 1.807) is 23.9 Å². The quantitative estimate of drug-likeness (QED) is 0.798. The number of nitrogens with one attached hydrogen (secondary N) is 1. The molecule has 0 aliphatic carbocycles. The average Bonchev–Trinajstić information content (AvgIpc) is 2.78. The Labute approximate surface area is 128 Å². The molecule has 0 fully saturated rings. The first kappa shape index (κ1) is 15.8. The van der Waals surface area contributed by atoms with E-state index in [1.807, 2.05) is 6.07 Å². The predicted octanol–water partition coefficient (Wildman–Crippen LogP) is 3.29. The lowest BCUT2D eigenvalue weighted by Crippen LogP contribution is -2.14. The van der Waals surface area contributed by atoms with Crippen molar-refractivity contribution in [3.05, 3.63) is 46.8 Å². The van der Waals surface area contributed by atoms with Crippen molar-refractivity contribution in [1.82, 2.24) is 14.9 Å². The standard InChI is InChI=1S/C15H19ClFN3O/c1-3-6-18-8-11-4-5-13(12(17)7-11)21-10-15-19-9-14(16)20(15)2/h4-5,7,9,18H,3,6,8,10H2,1-2H3. The van der Waals surface area contributed by atoms with E-state index in [0.717, 1.165) is 18.5 Å². The van der Waals surface area contributed by atoms with E-state index < -0.39 is 0 Å². The Bertz CT molecular complexity index is 601. The van der Waals surface area contributed by atoms with Crippen LogP contribution in [0.15, 0.2) is 24.4 Å². The molecule has 2 rings (SSSR count). The molecule has 0 bridgehead atoms. The summed E-state index contributed by atoms with van der Waals surface area (Å²) in [6.07, 6.45) is 2.59. The van der Waals surface area contributed by atoms with Gasteiger partial charge in [0.15, 0.2) is 11.6 Å². The lowest BCUT2D eigenvalue weighted by atomic mass is 10.2. The fourth-order valence-electron chi connectivity index (χ4n) is 1.88. The Morgan fingerprint density at radius 3 is 2.86 bits per heavy atom. The number of halogens is 2. The molecule has 6 heteroatoms. The fourth-order valence-corrected chi connectivity index (χ4v) is 2.03. The van der Waals surface area contributed by atoms with Crippen LogP contribution in [0.5, 0.6) is 5.75 Å². The maximum absolute atomic E-state index is 14.0. The smallest absolute Gasteiger partial charge is 0.165 e. The van der Waals surface area contributed by atoms with Crippen molar-refractivity contribution in [1.29, 1.82) is 0 Å². The third-order valence-electron chi connectivity index (χ3n) is 3.14. The summed E-state index contributed by atoms with van der Waals surface area (Å²) >= 11 is 5.89. The van der Waals surface area contributed by atoms with Crippen molar-refractivity contribution in [3.8, 4) is 5.75 Å². The van der Waals surface area contributed by atoms with E-state index in [1.165, 1.54) is 6.07 Å².